The largest absolute Gasteiger partial charge is 0.493 e. The Morgan fingerprint density at radius 3 is 2.24 bits per heavy atom. The Labute approximate surface area is 124 Å². The number of hydrogen-bond acceptors (Lipinski definition) is 4. The fourth-order valence-electron chi connectivity index (χ4n) is 2.02. The molecular weight excluding hydrogens is 266 g/mol. The summed E-state index contributed by atoms with van der Waals surface area (Å²) in [6, 6.07) is 13.2. The highest BCUT2D eigenvalue weighted by Gasteiger charge is 2.04. The van der Waals surface area contributed by atoms with Crippen LogP contribution >= 0.6 is 0 Å². The number of Topliss-reactive ketones (excluding diaryl/α,β-unsaturated/α-hetero) is 1. The van der Waals surface area contributed by atoms with Gasteiger partial charge in [-0.05, 0) is 48.9 Å². The number of carbonyl (C=O) groups excluding carboxylic acids is 1. The first-order chi connectivity index (χ1) is 10.1. The minimum absolute atomic E-state index is 0.0708. The number of anilines is 1. The zero-order chi connectivity index (χ0) is 15.2. The second-order valence-electron chi connectivity index (χ2n) is 4.68. The highest BCUT2D eigenvalue weighted by Crippen LogP contribution is 2.27. The minimum Gasteiger partial charge on any atom is -0.493 e. The zero-order valence-corrected chi connectivity index (χ0v) is 12.5. The summed E-state index contributed by atoms with van der Waals surface area (Å²) in [5.41, 5.74) is 2.77. The van der Waals surface area contributed by atoms with E-state index in [1.54, 1.807) is 21.1 Å². The van der Waals surface area contributed by atoms with Gasteiger partial charge in [-0.2, -0.15) is 0 Å². The molecule has 0 atom stereocenters. The second-order valence-corrected chi connectivity index (χ2v) is 4.68. The number of carbonyl (C=O) groups is 1. The van der Waals surface area contributed by atoms with Gasteiger partial charge in [0.1, 0.15) is 0 Å². The highest BCUT2D eigenvalue weighted by molar-refractivity contribution is 5.94. The van der Waals surface area contributed by atoms with Crippen LogP contribution in [0.25, 0.3) is 0 Å². The molecule has 0 spiro atoms. The molecule has 0 aliphatic heterocycles. The predicted octanol–water partition coefficient (Wildman–Crippen LogP) is 3.52. The van der Waals surface area contributed by atoms with Gasteiger partial charge >= 0.3 is 0 Å². The third-order valence-corrected chi connectivity index (χ3v) is 3.24. The maximum absolute atomic E-state index is 11.2. The number of methoxy groups -OCH3 is 2. The molecule has 0 aliphatic carbocycles. The molecule has 1 N–H and O–H groups in total. The first-order valence-corrected chi connectivity index (χ1v) is 6.70. The average molecular weight is 285 g/mol. The van der Waals surface area contributed by atoms with Crippen molar-refractivity contribution in [2.45, 2.75) is 13.5 Å². The molecule has 110 valence electrons. The molecule has 0 radical (unpaired) electrons. The molecule has 4 heteroatoms. The number of ketones is 1. The smallest absolute Gasteiger partial charge is 0.161 e. The zero-order valence-electron chi connectivity index (χ0n) is 12.5. The molecule has 0 saturated carbocycles. The van der Waals surface area contributed by atoms with Crippen molar-refractivity contribution in [3.8, 4) is 11.5 Å². The van der Waals surface area contributed by atoms with Gasteiger partial charge in [-0.1, -0.05) is 6.07 Å². The second kappa shape index (κ2) is 6.79. The van der Waals surface area contributed by atoms with E-state index in [0.717, 1.165) is 11.3 Å². The lowest BCUT2D eigenvalue weighted by Gasteiger charge is -2.11. The Balaban J connectivity index is 2.04. The molecule has 0 fully saturated rings. The van der Waals surface area contributed by atoms with Crippen LogP contribution in [0.2, 0.25) is 0 Å². The summed E-state index contributed by atoms with van der Waals surface area (Å²) in [7, 11) is 3.24. The lowest BCUT2D eigenvalue weighted by molar-refractivity contribution is 0.101. The van der Waals surface area contributed by atoms with Gasteiger partial charge in [-0.25, -0.2) is 0 Å². The van der Waals surface area contributed by atoms with Gasteiger partial charge in [0.2, 0.25) is 0 Å². The van der Waals surface area contributed by atoms with Crippen molar-refractivity contribution in [3.05, 3.63) is 53.6 Å². The molecule has 21 heavy (non-hydrogen) atoms. The van der Waals surface area contributed by atoms with E-state index < -0.39 is 0 Å². The van der Waals surface area contributed by atoms with Crippen molar-refractivity contribution < 1.29 is 14.3 Å². The molecule has 0 bridgehead atoms. The van der Waals surface area contributed by atoms with E-state index in [1.165, 1.54) is 0 Å². The summed E-state index contributed by atoms with van der Waals surface area (Å²) >= 11 is 0. The molecule has 0 heterocycles. The normalized spacial score (nSPS) is 10.0. The lowest BCUT2D eigenvalue weighted by atomic mass is 10.1. The fraction of sp³-hybridized carbons (Fsp3) is 0.235. The number of benzene rings is 2. The van der Waals surface area contributed by atoms with Crippen molar-refractivity contribution in [1.82, 2.24) is 0 Å². The number of ether oxygens (including phenoxy) is 2. The van der Waals surface area contributed by atoms with Crippen LogP contribution < -0.4 is 14.8 Å². The van der Waals surface area contributed by atoms with Crippen LogP contribution in [0.3, 0.4) is 0 Å². The van der Waals surface area contributed by atoms with Crippen LogP contribution in [0, 0.1) is 0 Å². The topological polar surface area (TPSA) is 47.6 Å². The van der Waals surface area contributed by atoms with E-state index >= 15 is 0 Å². The van der Waals surface area contributed by atoms with Crippen molar-refractivity contribution in [2.24, 2.45) is 0 Å². The summed E-state index contributed by atoms with van der Waals surface area (Å²) < 4.78 is 10.5. The highest BCUT2D eigenvalue weighted by atomic mass is 16.5. The van der Waals surface area contributed by atoms with Gasteiger partial charge in [0, 0.05) is 17.8 Å². The van der Waals surface area contributed by atoms with Gasteiger partial charge in [0.05, 0.1) is 14.2 Å². The molecule has 2 rings (SSSR count). The Morgan fingerprint density at radius 1 is 1.00 bits per heavy atom. The van der Waals surface area contributed by atoms with E-state index in [-0.39, 0.29) is 5.78 Å². The fourth-order valence-corrected chi connectivity index (χ4v) is 2.02. The summed E-state index contributed by atoms with van der Waals surface area (Å²) in [5.74, 6) is 1.50. The predicted molar refractivity (Wildman–Crippen MR) is 83.3 cm³/mol. The van der Waals surface area contributed by atoms with Crippen molar-refractivity contribution in [2.75, 3.05) is 19.5 Å². The van der Waals surface area contributed by atoms with E-state index in [0.29, 0.717) is 23.6 Å². The molecule has 0 saturated heterocycles. The summed E-state index contributed by atoms with van der Waals surface area (Å²) in [6.07, 6.45) is 0. The third-order valence-electron chi connectivity index (χ3n) is 3.24. The Morgan fingerprint density at radius 2 is 1.67 bits per heavy atom. The maximum atomic E-state index is 11.2. The summed E-state index contributed by atoms with van der Waals surface area (Å²) in [4.78, 5) is 11.2. The monoisotopic (exact) mass is 285 g/mol. The van der Waals surface area contributed by atoms with Gasteiger partial charge in [0.15, 0.2) is 17.3 Å². The number of nitrogens with one attached hydrogen (secondary N) is 1. The third kappa shape index (κ3) is 3.75. The SMILES string of the molecule is COc1ccc(CNc2ccc(C(C)=O)cc2)cc1OC. The maximum Gasteiger partial charge on any atom is 0.161 e. The van der Waals surface area contributed by atoms with Gasteiger partial charge in [0.25, 0.3) is 0 Å². The van der Waals surface area contributed by atoms with Gasteiger partial charge in [-0.15, -0.1) is 0 Å². The molecular formula is C17H19NO3. The molecule has 0 unspecified atom stereocenters. The van der Waals surface area contributed by atoms with Gasteiger partial charge in [-0.3, -0.25) is 4.79 Å². The minimum atomic E-state index is 0.0708. The van der Waals surface area contributed by atoms with E-state index in [1.807, 2.05) is 42.5 Å². The van der Waals surface area contributed by atoms with E-state index in [4.69, 9.17) is 9.47 Å². The van der Waals surface area contributed by atoms with E-state index in [9.17, 15) is 4.79 Å². The standard InChI is InChI=1S/C17H19NO3/c1-12(19)14-5-7-15(8-6-14)18-11-13-4-9-16(20-2)17(10-13)21-3/h4-10,18H,11H2,1-3H3. The first kappa shape index (κ1) is 14.9. The molecule has 2 aromatic carbocycles. The number of hydrogen-bond donors (Lipinski definition) is 1. The average Bonchev–Trinajstić information content (AvgIpc) is 2.52. The lowest BCUT2D eigenvalue weighted by Crippen LogP contribution is -2.01. The van der Waals surface area contributed by atoms with Crippen molar-refractivity contribution >= 4 is 11.5 Å². The molecule has 0 aromatic heterocycles. The Bertz CT molecular complexity index is 620. The van der Waals surface area contributed by atoms with Crippen LogP contribution in [-0.2, 0) is 6.54 Å². The molecule has 2 aromatic rings. The van der Waals surface area contributed by atoms with Gasteiger partial charge < -0.3 is 14.8 Å². The van der Waals surface area contributed by atoms with Crippen LogP contribution in [0.4, 0.5) is 5.69 Å². The summed E-state index contributed by atoms with van der Waals surface area (Å²) in [5, 5.41) is 3.31. The summed E-state index contributed by atoms with van der Waals surface area (Å²) in [6.45, 7) is 2.23. The molecule has 4 nitrogen and oxygen atoms in total. The van der Waals surface area contributed by atoms with Crippen LogP contribution in [0.15, 0.2) is 42.5 Å². The Kier molecular flexibility index (Phi) is 4.82. The Hall–Kier alpha value is -2.49. The quantitative estimate of drug-likeness (QED) is 0.825. The first-order valence-electron chi connectivity index (χ1n) is 6.70. The van der Waals surface area contributed by atoms with Crippen molar-refractivity contribution in [3.63, 3.8) is 0 Å². The molecule has 0 aliphatic rings. The van der Waals surface area contributed by atoms with Crippen LogP contribution in [-0.4, -0.2) is 20.0 Å². The van der Waals surface area contributed by atoms with Crippen molar-refractivity contribution in [1.29, 1.82) is 0 Å². The van der Waals surface area contributed by atoms with Crippen LogP contribution in [0.1, 0.15) is 22.8 Å². The number of rotatable bonds is 6. The molecule has 0 amide bonds. The van der Waals surface area contributed by atoms with E-state index in [2.05, 4.69) is 5.32 Å². The van der Waals surface area contributed by atoms with Crippen LogP contribution in [0.5, 0.6) is 11.5 Å².